The van der Waals surface area contributed by atoms with E-state index in [1.54, 1.807) is 0 Å². The molecule has 2 aromatic rings. The van der Waals surface area contributed by atoms with Crippen LogP contribution in [-0.2, 0) is 19.6 Å². The number of hydrogen-bond donors (Lipinski definition) is 2. The molecular weight excluding hydrogens is 441 g/mol. The highest BCUT2D eigenvalue weighted by atomic mass is 127. The number of aryl methyl sites for hydroxylation is 2. The molecule has 0 saturated heterocycles. The van der Waals surface area contributed by atoms with Gasteiger partial charge in [-0.25, -0.2) is 9.98 Å². The average molecular weight is 471 g/mol. The van der Waals surface area contributed by atoms with Crippen LogP contribution < -0.4 is 10.6 Å². The second kappa shape index (κ2) is 11.2. The normalized spacial score (nSPS) is 11.4. The van der Waals surface area contributed by atoms with E-state index in [-0.39, 0.29) is 24.0 Å². The van der Waals surface area contributed by atoms with Gasteiger partial charge in [0.05, 0.1) is 18.8 Å². The lowest BCUT2D eigenvalue weighted by Gasteiger charge is -2.11. The third-order valence-corrected chi connectivity index (χ3v) is 3.77. The van der Waals surface area contributed by atoms with Gasteiger partial charge in [-0.2, -0.15) is 0 Å². The molecular formula is C19H30IN5O. The number of benzene rings is 1. The monoisotopic (exact) mass is 471 g/mol. The summed E-state index contributed by atoms with van der Waals surface area (Å²) in [7, 11) is 4.15. The lowest BCUT2D eigenvalue weighted by molar-refractivity contribution is 0.402. The first kappa shape index (κ1) is 22.4. The van der Waals surface area contributed by atoms with Crippen LogP contribution in [0.3, 0.4) is 0 Å². The Morgan fingerprint density at radius 3 is 2.31 bits per heavy atom. The Kier molecular flexibility index (Phi) is 9.64. The van der Waals surface area contributed by atoms with E-state index in [1.165, 1.54) is 11.1 Å². The SMILES string of the molecule is CCNC(=NCc1ccc(CN(C)C)cc1)NCc1nc(C)c(C)o1.I. The summed E-state index contributed by atoms with van der Waals surface area (Å²) in [6, 6.07) is 8.58. The van der Waals surface area contributed by atoms with E-state index in [4.69, 9.17) is 4.42 Å². The third-order valence-electron chi connectivity index (χ3n) is 3.77. The van der Waals surface area contributed by atoms with Crippen LogP contribution in [0.4, 0.5) is 0 Å². The highest BCUT2D eigenvalue weighted by molar-refractivity contribution is 14.0. The minimum atomic E-state index is 0. The van der Waals surface area contributed by atoms with E-state index >= 15 is 0 Å². The summed E-state index contributed by atoms with van der Waals surface area (Å²) in [4.78, 5) is 11.2. The molecule has 0 aliphatic carbocycles. The number of nitrogens with zero attached hydrogens (tertiary/aromatic N) is 3. The molecule has 7 heteroatoms. The van der Waals surface area contributed by atoms with Crippen molar-refractivity contribution in [1.82, 2.24) is 20.5 Å². The van der Waals surface area contributed by atoms with Gasteiger partial charge in [0.15, 0.2) is 5.96 Å². The first-order valence-electron chi connectivity index (χ1n) is 8.65. The number of oxazole rings is 1. The number of rotatable bonds is 7. The minimum Gasteiger partial charge on any atom is -0.444 e. The molecule has 144 valence electrons. The van der Waals surface area contributed by atoms with Gasteiger partial charge in [-0.3, -0.25) is 0 Å². The van der Waals surface area contributed by atoms with Gasteiger partial charge in [0.25, 0.3) is 0 Å². The summed E-state index contributed by atoms with van der Waals surface area (Å²) < 4.78 is 5.59. The van der Waals surface area contributed by atoms with Crippen molar-refractivity contribution in [3.63, 3.8) is 0 Å². The van der Waals surface area contributed by atoms with Gasteiger partial charge in [0, 0.05) is 13.1 Å². The number of nitrogens with one attached hydrogen (secondary N) is 2. The van der Waals surface area contributed by atoms with Gasteiger partial charge in [-0.1, -0.05) is 24.3 Å². The molecule has 1 heterocycles. The summed E-state index contributed by atoms with van der Waals surface area (Å²) in [5.41, 5.74) is 3.41. The molecule has 0 atom stereocenters. The van der Waals surface area contributed by atoms with Crippen molar-refractivity contribution in [2.75, 3.05) is 20.6 Å². The highest BCUT2D eigenvalue weighted by Gasteiger charge is 2.06. The highest BCUT2D eigenvalue weighted by Crippen LogP contribution is 2.08. The molecule has 0 saturated carbocycles. The van der Waals surface area contributed by atoms with Crippen molar-refractivity contribution in [2.45, 2.75) is 40.4 Å². The smallest absolute Gasteiger partial charge is 0.214 e. The van der Waals surface area contributed by atoms with E-state index in [1.807, 2.05) is 20.8 Å². The standard InChI is InChI=1S/C19H29N5O.HI/c1-6-20-19(22-12-18-23-14(2)15(3)25-18)21-11-16-7-9-17(10-8-16)13-24(4)5;/h7-10H,6,11-13H2,1-5H3,(H2,20,21,22);1H. The lowest BCUT2D eigenvalue weighted by atomic mass is 10.1. The Morgan fingerprint density at radius 2 is 1.77 bits per heavy atom. The van der Waals surface area contributed by atoms with Gasteiger partial charge in [-0.05, 0) is 46.0 Å². The van der Waals surface area contributed by atoms with Gasteiger partial charge >= 0.3 is 0 Å². The molecule has 0 radical (unpaired) electrons. The number of halogens is 1. The lowest BCUT2D eigenvalue weighted by Crippen LogP contribution is -2.36. The summed E-state index contributed by atoms with van der Waals surface area (Å²) in [5.74, 6) is 2.29. The Balaban J connectivity index is 0.00000338. The first-order valence-corrected chi connectivity index (χ1v) is 8.65. The van der Waals surface area contributed by atoms with Crippen molar-refractivity contribution in [2.24, 2.45) is 4.99 Å². The van der Waals surface area contributed by atoms with Gasteiger partial charge in [0.1, 0.15) is 5.76 Å². The summed E-state index contributed by atoms with van der Waals surface area (Å²) in [6.45, 7) is 8.81. The fourth-order valence-electron chi connectivity index (χ4n) is 2.40. The molecule has 0 unspecified atom stereocenters. The van der Waals surface area contributed by atoms with Crippen LogP contribution in [0.1, 0.15) is 35.4 Å². The topological polar surface area (TPSA) is 65.7 Å². The number of guanidine groups is 1. The molecule has 26 heavy (non-hydrogen) atoms. The Bertz CT molecular complexity index is 675. The molecule has 0 spiro atoms. The van der Waals surface area contributed by atoms with Crippen LogP contribution in [0.2, 0.25) is 0 Å². The third kappa shape index (κ3) is 7.33. The van der Waals surface area contributed by atoms with Crippen LogP contribution in [0, 0.1) is 13.8 Å². The van der Waals surface area contributed by atoms with Crippen LogP contribution in [0.15, 0.2) is 33.7 Å². The molecule has 0 fully saturated rings. The van der Waals surface area contributed by atoms with E-state index in [0.717, 1.165) is 30.5 Å². The van der Waals surface area contributed by atoms with Crippen molar-refractivity contribution in [3.05, 3.63) is 52.7 Å². The van der Waals surface area contributed by atoms with Crippen LogP contribution >= 0.6 is 24.0 Å². The Hall–Kier alpha value is -1.61. The van der Waals surface area contributed by atoms with Gasteiger partial charge in [-0.15, -0.1) is 24.0 Å². The van der Waals surface area contributed by atoms with E-state index in [0.29, 0.717) is 19.0 Å². The second-order valence-corrected chi connectivity index (χ2v) is 6.35. The molecule has 6 nitrogen and oxygen atoms in total. The molecule has 0 aliphatic heterocycles. The molecule has 0 bridgehead atoms. The molecule has 1 aromatic carbocycles. The molecule has 0 aliphatic rings. The molecule has 2 rings (SSSR count). The van der Waals surface area contributed by atoms with Gasteiger partial charge in [0.2, 0.25) is 5.89 Å². The molecule has 1 aromatic heterocycles. The zero-order valence-corrected chi connectivity index (χ0v) is 18.6. The second-order valence-electron chi connectivity index (χ2n) is 6.35. The minimum absolute atomic E-state index is 0. The van der Waals surface area contributed by atoms with Crippen LogP contribution in [-0.4, -0.2) is 36.5 Å². The summed E-state index contributed by atoms with van der Waals surface area (Å²) in [5, 5.41) is 6.51. The quantitative estimate of drug-likeness (QED) is 0.369. The first-order chi connectivity index (χ1) is 12.0. The number of aromatic nitrogens is 1. The predicted molar refractivity (Wildman–Crippen MR) is 117 cm³/mol. The summed E-state index contributed by atoms with van der Waals surface area (Å²) in [6.07, 6.45) is 0. The van der Waals surface area contributed by atoms with Crippen molar-refractivity contribution < 1.29 is 4.42 Å². The Labute approximate surface area is 173 Å². The average Bonchev–Trinajstić information content (AvgIpc) is 2.89. The fraction of sp³-hybridized carbons (Fsp3) is 0.474. The Morgan fingerprint density at radius 1 is 1.12 bits per heavy atom. The van der Waals surface area contributed by atoms with Crippen molar-refractivity contribution in [3.8, 4) is 0 Å². The largest absolute Gasteiger partial charge is 0.444 e. The molecule has 2 N–H and O–H groups in total. The molecule has 0 amide bonds. The zero-order valence-electron chi connectivity index (χ0n) is 16.3. The zero-order chi connectivity index (χ0) is 18.2. The van der Waals surface area contributed by atoms with Crippen LogP contribution in [0.5, 0.6) is 0 Å². The number of hydrogen-bond acceptors (Lipinski definition) is 4. The predicted octanol–water partition coefficient (Wildman–Crippen LogP) is 3.23. The van der Waals surface area contributed by atoms with Crippen LogP contribution in [0.25, 0.3) is 0 Å². The van der Waals surface area contributed by atoms with E-state index in [2.05, 4.69) is 63.9 Å². The van der Waals surface area contributed by atoms with Gasteiger partial charge < -0.3 is 20.0 Å². The van der Waals surface area contributed by atoms with Crippen molar-refractivity contribution >= 4 is 29.9 Å². The fourth-order valence-corrected chi connectivity index (χ4v) is 2.40. The maximum Gasteiger partial charge on any atom is 0.214 e. The number of aliphatic imine (C=N–C) groups is 1. The van der Waals surface area contributed by atoms with E-state index < -0.39 is 0 Å². The van der Waals surface area contributed by atoms with Crippen molar-refractivity contribution in [1.29, 1.82) is 0 Å². The maximum absolute atomic E-state index is 5.59. The van der Waals surface area contributed by atoms with E-state index in [9.17, 15) is 0 Å². The maximum atomic E-state index is 5.59. The summed E-state index contributed by atoms with van der Waals surface area (Å²) >= 11 is 0.